The van der Waals surface area contributed by atoms with Crippen molar-refractivity contribution in [3.05, 3.63) is 52.3 Å². The first kappa shape index (κ1) is 20.1. The van der Waals surface area contributed by atoms with E-state index in [1.165, 1.54) is 5.56 Å². The maximum Gasteiger partial charge on any atom is 0.244 e. The van der Waals surface area contributed by atoms with Crippen molar-refractivity contribution in [2.24, 2.45) is 11.7 Å². The molecule has 0 spiro atoms. The fourth-order valence-electron chi connectivity index (χ4n) is 3.74. The number of nitrogens with one attached hydrogen (secondary N) is 2. The van der Waals surface area contributed by atoms with E-state index in [1.54, 1.807) is 4.90 Å². The van der Waals surface area contributed by atoms with Gasteiger partial charge in [-0.05, 0) is 39.2 Å². The number of aromatic nitrogens is 2. The number of aryl methyl sites for hydroxylation is 3. The minimum absolute atomic E-state index is 0.0542. The lowest BCUT2D eigenvalue weighted by Gasteiger charge is -2.33. The summed E-state index contributed by atoms with van der Waals surface area (Å²) in [5.74, 6) is -0.118. The first-order valence-electron chi connectivity index (χ1n) is 9.76. The van der Waals surface area contributed by atoms with E-state index in [4.69, 9.17) is 5.73 Å². The Labute approximate surface area is 165 Å². The Balaban J connectivity index is 1.50. The van der Waals surface area contributed by atoms with Crippen LogP contribution < -0.4 is 11.1 Å². The van der Waals surface area contributed by atoms with Crippen LogP contribution in [0.3, 0.4) is 0 Å². The molecule has 1 aromatic carbocycles. The molecular formula is C21H29N5O2. The number of likely N-dealkylation sites (tertiary alicyclic amines) is 1. The number of hydrogen-bond donors (Lipinski definition) is 3. The lowest BCUT2D eigenvalue weighted by Crippen LogP contribution is -2.46. The van der Waals surface area contributed by atoms with E-state index in [2.05, 4.69) is 15.5 Å². The van der Waals surface area contributed by atoms with Gasteiger partial charge in [-0.2, -0.15) is 5.10 Å². The Bertz CT molecular complexity index is 815. The number of benzene rings is 1. The van der Waals surface area contributed by atoms with Crippen LogP contribution in [0.25, 0.3) is 0 Å². The predicted octanol–water partition coefficient (Wildman–Crippen LogP) is 1.89. The van der Waals surface area contributed by atoms with Crippen LogP contribution in [0.1, 0.15) is 47.0 Å². The maximum absolute atomic E-state index is 12.8. The molecule has 0 aliphatic carbocycles. The predicted molar refractivity (Wildman–Crippen MR) is 107 cm³/mol. The van der Waals surface area contributed by atoms with E-state index in [-0.39, 0.29) is 17.7 Å². The summed E-state index contributed by atoms with van der Waals surface area (Å²) in [7, 11) is 0. The van der Waals surface area contributed by atoms with Crippen molar-refractivity contribution < 1.29 is 9.59 Å². The first-order chi connectivity index (χ1) is 13.4. The molecule has 1 aromatic heterocycles. The summed E-state index contributed by atoms with van der Waals surface area (Å²) in [6.07, 6.45) is 1.31. The number of nitrogens with zero attached hydrogens (tertiary/aromatic N) is 2. The van der Waals surface area contributed by atoms with Crippen molar-refractivity contribution in [3.63, 3.8) is 0 Å². The van der Waals surface area contributed by atoms with Gasteiger partial charge in [0.1, 0.15) is 6.04 Å². The van der Waals surface area contributed by atoms with E-state index in [9.17, 15) is 9.59 Å². The number of H-pyrrole nitrogens is 1. The van der Waals surface area contributed by atoms with Crippen molar-refractivity contribution in [2.75, 3.05) is 13.1 Å². The number of hydrogen-bond acceptors (Lipinski definition) is 4. The lowest BCUT2D eigenvalue weighted by atomic mass is 9.94. The summed E-state index contributed by atoms with van der Waals surface area (Å²) in [5, 5.41) is 10.0. The van der Waals surface area contributed by atoms with Gasteiger partial charge in [-0.1, -0.05) is 29.8 Å². The number of rotatable bonds is 5. The third-order valence-corrected chi connectivity index (χ3v) is 5.53. The molecule has 0 unspecified atom stereocenters. The Morgan fingerprint density at radius 2 is 1.86 bits per heavy atom. The molecule has 0 radical (unpaired) electrons. The van der Waals surface area contributed by atoms with E-state index in [1.807, 2.05) is 45.0 Å². The zero-order valence-electron chi connectivity index (χ0n) is 16.8. The topological polar surface area (TPSA) is 104 Å². The second-order valence-electron chi connectivity index (χ2n) is 7.63. The van der Waals surface area contributed by atoms with Crippen molar-refractivity contribution in [1.29, 1.82) is 0 Å². The number of aromatic amines is 1. The molecule has 4 N–H and O–H groups in total. The Morgan fingerprint density at radius 3 is 2.43 bits per heavy atom. The van der Waals surface area contributed by atoms with Gasteiger partial charge in [0.05, 0.1) is 5.69 Å². The largest absolute Gasteiger partial charge is 0.352 e. The minimum atomic E-state index is -0.717. The van der Waals surface area contributed by atoms with Crippen LogP contribution in [-0.4, -0.2) is 40.0 Å². The zero-order chi connectivity index (χ0) is 20.3. The quantitative estimate of drug-likeness (QED) is 0.733. The highest BCUT2D eigenvalue weighted by Gasteiger charge is 2.31. The fraction of sp³-hybridized carbons (Fsp3) is 0.476. The molecule has 1 aliphatic heterocycles. The highest BCUT2D eigenvalue weighted by atomic mass is 16.2. The second kappa shape index (κ2) is 8.56. The maximum atomic E-state index is 12.8. The second-order valence-corrected chi connectivity index (χ2v) is 7.63. The fourth-order valence-corrected chi connectivity index (χ4v) is 3.74. The number of carbonyl (C=O) groups excluding carboxylic acids is 2. The minimum Gasteiger partial charge on any atom is -0.352 e. The SMILES string of the molecule is Cc1ccc(CNC(=O)C2CCN(C(=O)[C@@H](N)c3c(C)n[nH]c3C)CC2)cc1. The smallest absolute Gasteiger partial charge is 0.244 e. The monoisotopic (exact) mass is 383 g/mol. The molecule has 0 bridgehead atoms. The van der Waals surface area contributed by atoms with Crippen LogP contribution in [0.2, 0.25) is 0 Å². The third kappa shape index (κ3) is 4.42. The molecule has 2 heterocycles. The van der Waals surface area contributed by atoms with Gasteiger partial charge < -0.3 is 16.0 Å². The lowest BCUT2D eigenvalue weighted by molar-refractivity contribution is -0.136. The summed E-state index contributed by atoms with van der Waals surface area (Å²) in [5.41, 5.74) is 10.8. The molecule has 1 aliphatic rings. The molecule has 1 atom stereocenters. The molecule has 2 aromatic rings. The van der Waals surface area contributed by atoms with Gasteiger partial charge in [0, 0.05) is 36.8 Å². The van der Waals surface area contributed by atoms with Gasteiger partial charge in [-0.15, -0.1) is 0 Å². The number of piperidine rings is 1. The van der Waals surface area contributed by atoms with Crippen LogP contribution in [0, 0.1) is 26.7 Å². The molecule has 1 saturated heterocycles. The zero-order valence-corrected chi connectivity index (χ0v) is 16.8. The summed E-state index contributed by atoms with van der Waals surface area (Å²) in [6, 6.07) is 7.41. The highest BCUT2D eigenvalue weighted by Crippen LogP contribution is 2.23. The molecule has 3 rings (SSSR count). The normalized spacial score (nSPS) is 16.1. The van der Waals surface area contributed by atoms with Crippen molar-refractivity contribution in [1.82, 2.24) is 20.4 Å². The molecule has 28 heavy (non-hydrogen) atoms. The van der Waals surface area contributed by atoms with Gasteiger partial charge in [-0.25, -0.2) is 0 Å². The highest BCUT2D eigenvalue weighted by molar-refractivity contribution is 5.84. The molecule has 0 saturated carbocycles. The Morgan fingerprint density at radius 1 is 1.21 bits per heavy atom. The standard InChI is InChI=1S/C21H29N5O2/c1-13-4-6-16(7-5-13)12-23-20(27)17-8-10-26(11-9-17)21(28)19(22)18-14(2)24-25-15(18)3/h4-7,17,19H,8-12,22H2,1-3H3,(H,23,27)(H,24,25)/t19-/m0/s1. The molecule has 2 amide bonds. The number of nitrogens with two attached hydrogens (primary N) is 1. The summed E-state index contributed by atoms with van der Waals surface area (Å²) < 4.78 is 0. The first-order valence-corrected chi connectivity index (χ1v) is 9.76. The van der Waals surface area contributed by atoms with Crippen molar-refractivity contribution in [3.8, 4) is 0 Å². The average molecular weight is 383 g/mol. The number of amides is 2. The van der Waals surface area contributed by atoms with Gasteiger partial charge in [-0.3, -0.25) is 14.7 Å². The van der Waals surface area contributed by atoms with Gasteiger partial charge in [0.25, 0.3) is 0 Å². The van der Waals surface area contributed by atoms with Gasteiger partial charge >= 0.3 is 0 Å². The molecule has 150 valence electrons. The molecular weight excluding hydrogens is 354 g/mol. The van der Waals surface area contributed by atoms with E-state index >= 15 is 0 Å². The van der Waals surface area contributed by atoms with E-state index < -0.39 is 6.04 Å². The Kier molecular flexibility index (Phi) is 6.14. The number of carbonyl (C=O) groups is 2. The average Bonchev–Trinajstić information content (AvgIpc) is 3.04. The van der Waals surface area contributed by atoms with Crippen molar-refractivity contribution >= 4 is 11.8 Å². The molecule has 1 fully saturated rings. The van der Waals surface area contributed by atoms with Crippen LogP contribution in [0.15, 0.2) is 24.3 Å². The molecule has 7 heteroatoms. The summed E-state index contributed by atoms with van der Waals surface area (Å²) >= 11 is 0. The van der Waals surface area contributed by atoms with Crippen LogP contribution in [0.4, 0.5) is 0 Å². The van der Waals surface area contributed by atoms with Crippen molar-refractivity contribution in [2.45, 2.75) is 46.2 Å². The van der Waals surface area contributed by atoms with Crippen LogP contribution >= 0.6 is 0 Å². The van der Waals surface area contributed by atoms with E-state index in [0.29, 0.717) is 32.5 Å². The van der Waals surface area contributed by atoms with Gasteiger partial charge in [0.2, 0.25) is 11.8 Å². The van der Waals surface area contributed by atoms with Gasteiger partial charge in [0.15, 0.2) is 0 Å². The van der Waals surface area contributed by atoms with Crippen LogP contribution in [-0.2, 0) is 16.1 Å². The third-order valence-electron chi connectivity index (χ3n) is 5.53. The van der Waals surface area contributed by atoms with Crippen LogP contribution in [0.5, 0.6) is 0 Å². The summed E-state index contributed by atoms with van der Waals surface area (Å²) in [4.78, 5) is 27.0. The Hall–Kier alpha value is -2.67. The summed E-state index contributed by atoms with van der Waals surface area (Å²) in [6.45, 7) is 7.38. The molecule has 7 nitrogen and oxygen atoms in total. The van der Waals surface area contributed by atoms with E-state index in [0.717, 1.165) is 22.5 Å².